The fraction of sp³-hybridized carbons (Fsp3) is 0.607. The van der Waals surface area contributed by atoms with Gasteiger partial charge in [-0.1, -0.05) is 71.8 Å². The quantitative estimate of drug-likeness (QED) is 0.107. The molecule has 2 aromatic carbocycles. The number of aliphatic hydroxyl groups excluding tert-OH is 5. The number of halogens is 1. The second-order valence-electron chi connectivity index (χ2n) is 23.2. The molecule has 11 rings (SSSR count). The molecule has 3 amide bonds. The number of Topliss-reactive ketones (excluding diaryl/α,β-unsaturated/α-hetero) is 1. The first-order chi connectivity index (χ1) is 36.7. The van der Waals surface area contributed by atoms with E-state index in [2.05, 4.69) is 50.9 Å². The average Bonchev–Trinajstić information content (AvgIpc) is 3.96. The van der Waals surface area contributed by atoms with Gasteiger partial charge in [0.1, 0.15) is 37.3 Å². The molecule has 21 heteroatoms. The number of carboxylic acid groups (broad SMARTS) is 1. The second-order valence-corrected chi connectivity index (χ2v) is 23.8. The van der Waals surface area contributed by atoms with Crippen LogP contribution in [0, 0.1) is 34.0 Å². The number of aliphatic hydroxyl groups is 5. The molecule has 14 atom stereocenters. The van der Waals surface area contributed by atoms with Crippen molar-refractivity contribution in [3.8, 4) is 5.75 Å². The Labute approximate surface area is 453 Å². The first-order valence-corrected chi connectivity index (χ1v) is 27.8. The van der Waals surface area contributed by atoms with Crippen LogP contribution in [0.3, 0.4) is 0 Å². The van der Waals surface area contributed by atoms with Crippen LogP contribution in [-0.4, -0.2) is 139 Å². The maximum absolute atomic E-state index is 14.1. The molecule has 9 N–H and O–H groups in total. The Kier molecular flexibility index (Phi) is 15.2. The largest absolute Gasteiger partial charge is 0.479 e. The van der Waals surface area contributed by atoms with Crippen LogP contribution in [0.25, 0.3) is 0 Å². The molecule has 2 heterocycles. The number of alkyl halides is 1. The standard InChI is InChI=1S/C56H68BrN3O17/c1-52-13-11-33(62)22-32(52)8-9-34-35-23-40-56(39(64)27-61,53(35,2)25-37(63)43(34)52)77-49(75-40)31-6-3-29(4-7-31)24-54-14-17-55(18-15-54,19-16-54)60-51(72)73-28-30-5-10-38(36(21-30)59-41(65)12-20-58-42(66)26-57)74-50-46(69)44(67)45(68)47(76-50)48(70)71/h3-7,10-11,13,21-22,34-35,37,40,43-47,49-50,61,63,67-69H,8-9,12,14-20,23-28H2,1-2H3,(H,58,66)(H,59,65)(H,60,72)(H,70,71)/t34-,35-,37-,40+,43+,44-,45-,46+,47-,49+,50+,52-,53-,54?,55?,56+/m0/s1. The van der Waals surface area contributed by atoms with Gasteiger partial charge in [0.05, 0.1) is 23.2 Å². The highest BCUT2D eigenvalue weighted by Crippen LogP contribution is 2.70. The van der Waals surface area contributed by atoms with Gasteiger partial charge < -0.3 is 70.3 Å². The number of nitrogens with one attached hydrogen (secondary N) is 3. The number of hydrogen-bond acceptors (Lipinski definition) is 16. The van der Waals surface area contributed by atoms with E-state index in [0.717, 1.165) is 74.5 Å². The number of benzene rings is 2. The fourth-order valence-corrected chi connectivity index (χ4v) is 15.1. The molecule has 2 bridgehead atoms. The summed E-state index contributed by atoms with van der Waals surface area (Å²) in [5.41, 5.74) is 0.243. The number of carbonyl (C=O) groups excluding carboxylic acids is 5. The van der Waals surface area contributed by atoms with Crippen LogP contribution in [0.4, 0.5) is 10.5 Å². The van der Waals surface area contributed by atoms with Gasteiger partial charge in [-0.25, -0.2) is 9.59 Å². The van der Waals surface area contributed by atoms with E-state index in [1.54, 1.807) is 12.2 Å². The number of ketones is 2. The third kappa shape index (κ3) is 9.95. The van der Waals surface area contributed by atoms with Crippen LogP contribution in [0.15, 0.2) is 66.3 Å². The molecule has 20 nitrogen and oxygen atoms in total. The van der Waals surface area contributed by atoms with Crippen LogP contribution in [0.1, 0.15) is 107 Å². The Balaban J connectivity index is 0.746. The molecule has 0 aromatic heterocycles. The topological polar surface area (TPSA) is 306 Å². The van der Waals surface area contributed by atoms with Crippen molar-refractivity contribution in [2.24, 2.45) is 34.0 Å². The number of amides is 3. The average molecular weight is 1140 g/mol. The van der Waals surface area contributed by atoms with Gasteiger partial charge >= 0.3 is 12.1 Å². The molecule has 2 aliphatic heterocycles. The maximum atomic E-state index is 14.1. The zero-order chi connectivity index (χ0) is 54.8. The molecule has 6 saturated carbocycles. The van der Waals surface area contributed by atoms with Gasteiger partial charge in [0, 0.05) is 40.8 Å². The van der Waals surface area contributed by atoms with Crippen LogP contribution >= 0.6 is 15.9 Å². The van der Waals surface area contributed by atoms with Crippen molar-refractivity contribution >= 4 is 57.1 Å². The summed E-state index contributed by atoms with van der Waals surface area (Å²) in [7, 11) is 0. The minimum absolute atomic E-state index is 0.00576. The van der Waals surface area contributed by atoms with E-state index in [0.29, 0.717) is 18.4 Å². The number of aliphatic carboxylic acids is 1. The van der Waals surface area contributed by atoms with E-state index < -0.39 is 102 Å². The first kappa shape index (κ1) is 55.2. The SMILES string of the molecule is C[C@]12C=CC(=O)C=C1CC[C@@H]1[C@@H]2[C@@H](O)C[C@@]2(C)[C@H]1C[C@H]1O[C@@H](c3ccc(CC45CCC(NC(=O)OCc6ccc(O[C@@H]7O[C@H](C(=O)O)[C@@H](O)[C@H](O)[C@H]7O)c(NC(=O)CCNC(=O)CBr)c6)(CC4)CC5)cc3)O[C@]12C(=O)CO. The van der Waals surface area contributed by atoms with Crippen molar-refractivity contribution < 1.29 is 83.1 Å². The van der Waals surface area contributed by atoms with Gasteiger partial charge in [-0.3, -0.25) is 19.2 Å². The van der Waals surface area contributed by atoms with Crippen LogP contribution in [0.5, 0.6) is 5.75 Å². The predicted molar refractivity (Wildman–Crippen MR) is 275 cm³/mol. The van der Waals surface area contributed by atoms with Crippen LogP contribution in [-0.2, 0) is 55.9 Å². The summed E-state index contributed by atoms with van der Waals surface area (Å²) >= 11 is 3.04. The normalized spacial score (nSPS) is 38.5. The minimum Gasteiger partial charge on any atom is -0.479 e. The third-order valence-corrected chi connectivity index (χ3v) is 19.4. The van der Waals surface area contributed by atoms with Gasteiger partial charge in [0.15, 0.2) is 29.6 Å². The molecule has 0 spiro atoms. The van der Waals surface area contributed by atoms with Gasteiger partial charge in [-0.2, -0.15) is 0 Å². The summed E-state index contributed by atoms with van der Waals surface area (Å²) in [6.45, 7) is 3.21. The Hall–Kier alpha value is -5.10. The number of alkyl carbamates (subject to hydrolysis) is 1. The summed E-state index contributed by atoms with van der Waals surface area (Å²) in [6, 6.07) is 12.5. The van der Waals surface area contributed by atoms with Crippen LogP contribution in [0.2, 0.25) is 0 Å². The monoisotopic (exact) mass is 1130 g/mol. The van der Waals surface area contributed by atoms with Gasteiger partial charge in [0.2, 0.25) is 18.1 Å². The molecule has 0 radical (unpaired) electrons. The summed E-state index contributed by atoms with van der Waals surface area (Å²) < 4.78 is 30.3. The number of allylic oxidation sites excluding steroid dienone is 4. The van der Waals surface area contributed by atoms with Crippen LogP contribution < -0.4 is 20.7 Å². The summed E-state index contributed by atoms with van der Waals surface area (Å²) in [6.07, 6.45) is 0.900. The van der Waals surface area contributed by atoms with Crippen molar-refractivity contribution in [3.05, 3.63) is 83.0 Å². The number of anilines is 1. The third-order valence-electron chi connectivity index (χ3n) is 18.9. The van der Waals surface area contributed by atoms with Crippen molar-refractivity contribution in [3.63, 3.8) is 0 Å². The van der Waals surface area contributed by atoms with Crippen molar-refractivity contribution in [1.29, 1.82) is 0 Å². The van der Waals surface area contributed by atoms with E-state index in [1.807, 2.05) is 25.1 Å². The highest BCUT2D eigenvalue weighted by atomic mass is 79.9. The fourth-order valence-electron chi connectivity index (χ4n) is 14.9. The molecule has 9 aliphatic rings. The molecule has 7 aliphatic carbocycles. The van der Waals surface area contributed by atoms with Gasteiger partial charge in [-0.15, -0.1) is 0 Å². The number of ether oxygens (including phenoxy) is 5. The lowest BCUT2D eigenvalue weighted by Crippen LogP contribution is -2.63. The number of fused-ring (bicyclic) bond motifs is 10. The van der Waals surface area contributed by atoms with Gasteiger partial charge in [0.25, 0.3) is 0 Å². The second kappa shape index (κ2) is 21.2. The van der Waals surface area contributed by atoms with Gasteiger partial charge in [-0.05, 0) is 123 Å². The highest BCUT2D eigenvalue weighted by molar-refractivity contribution is 9.09. The zero-order valence-corrected chi connectivity index (χ0v) is 44.6. The molecule has 2 aromatic rings. The molecular formula is C56H68BrN3O17. The minimum atomic E-state index is -1.95. The predicted octanol–water partition coefficient (Wildman–Crippen LogP) is 3.96. The molecule has 8 fully saturated rings. The number of rotatable bonds is 16. The Bertz CT molecular complexity index is 2710. The molecular weight excluding hydrogens is 1070 g/mol. The van der Waals surface area contributed by atoms with Crippen molar-refractivity contribution in [2.45, 2.75) is 158 Å². The molecule has 77 heavy (non-hydrogen) atoms. The smallest absolute Gasteiger partial charge is 0.407 e. The Morgan fingerprint density at radius 3 is 2.29 bits per heavy atom. The summed E-state index contributed by atoms with van der Waals surface area (Å²) in [5, 5.41) is 71.4. The molecule has 416 valence electrons. The number of carbonyl (C=O) groups is 6. The Morgan fingerprint density at radius 1 is 0.883 bits per heavy atom. The maximum Gasteiger partial charge on any atom is 0.407 e. The van der Waals surface area contributed by atoms with E-state index in [4.69, 9.17) is 23.7 Å². The zero-order valence-electron chi connectivity index (χ0n) is 43.0. The number of carboxylic acids is 1. The first-order valence-electron chi connectivity index (χ1n) is 26.6. The summed E-state index contributed by atoms with van der Waals surface area (Å²) in [5.74, 6) is -3.14. The molecule has 2 saturated heterocycles. The number of hydrogen-bond donors (Lipinski definition) is 9. The van der Waals surface area contributed by atoms with Crippen molar-refractivity contribution in [1.82, 2.24) is 10.6 Å². The van der Waals surface area contributed by atoms with Crippen molar-refractivity contribution in [2.75, 3.05) is 23.8 Å². The van der Waals surface area contributed by atoms with E-state index in [9.17, 15) is 59.4 Å². The summed E-state index contributed by atoms with van der Waals surface area (Å²) in [4.78, 5) is 76.2. The lowest BCUT2D eigenvalue weighted by molar-refractivity contribution is -0.271. The lowest BCUT2D eigenvalue weighted by atomic mass is 9.46. The van der Waals surface area contributed by atoms with E-state index in [-0.39, 0.29) is 71.2 Å². The Morgan fingerprint density at radius 2 is 1.60 bits per heavy atom. The van der Waals surface area contributed by atoms with E-state index >= 15 is 0 Å². The lowest BCUT2D eigenvalue weighted by Gasteiger charge is -2.59. The van der Waals surface area contributed by atoms with E-state index in [1.165, 1.54) is 18.2 Å². The molecule has 0 unspecified atom stereocenters. The highest BCUT2D eigenvalue weighted by Gasteiger charge is 2.76.